The van der Waals surface area contributed by atoms with Crippen molar-refractivity contribution in [3.63, 3.8) is 0 Å². The van der Waals surface area contributed by atoms with E-state index in [9.17, 15) is 10.1 Å². The molecule has 0 saturated heterocycles. The van der Waals surface area contributed by atoms with Gasteiger partial charge in [0, 0.05) is 5.02 Å². The Balaban J connectivity index is 1.82. The molecule has 2 aromatic carbocycles. The number of methoxy groups -OCH3 is 1. The van der Waals surface area contributed by atoms with E-state index in [1.165, 1.54) is 20.1 Å². The van der Waals surface area contributed by atoms with E-state index < -0.39 is 4.92 Å². The molecule has 9 heteroatoms. The van der Waals surface area contributed by atoms with Gasteiger partial charge in [0.15, 0.2) is 17.2 Å². The van der Waals surface area contributed by atoms with Crippen LogP contribution in [-0.2, 0) is 6.61 Å². The second-order valence-corrected chi connectivity index (χ2v) is 7.31. The fraction of sp³-hybridized carbons (Fsp3) is 0.150. The van der Waals surface area contributed by atoms with Crippen molar-refractivity contribution >= 4 is 45.4 Å². The van der Waals surface area contributed by atoms with E-state index in [4.69, 9.17) is 25.6 Å². The summed E-state index contributed by atoms with van der Waals surface area (Å²) in [7, 11) is 1.54. The third kappa shape index (κ3) is 4.96. The molecule has 0 fully saturated rings. The minimum absolute atomic E-state index is 0.0747. The maximum absolute atomic E-state index is 11.1. The number of aryl methyl sites for hydroxylation is 1. The zero-order valence-electron chi connectivity index (χ0n) is 15.5. The lowest BCUT2D eigenvalue weighted by Crippen LogP contribution is -1.99. The van der Waals surface area contributed by atoms with Crippen molar-refractivity contribution in [2.24, 2.45) is 0 Å². The Kier molecular flexibility index (Phi) is 6.56. The fourth-order valence-corrected chi connectivity index (χ4v) is 3.30. The zero-order valence-corrected chi connectivity index (χ0v) is 17.9. The highest BCUT2D eigenvalue weighted by molar-refractivity contribution is 9.10. The SMILES string of the molecule is COc1cc(/C=C\c2onc(C)c2[N+](=O)[O-])cc(Br)c1OCc1ccc(Cl)cc1. The Morgan fingerprint density at radius 1 is 1.28 bits per heavy atom. The zero-order chi connectivity index (χ0) is 21.0. The molecule has 0 unspecified atom stereocenters. The summed E-state index contributed by atoms with van der Waals surface area (Å²) in [6, 6.07) is 10.9. The van der Waals surface area contributed by atoms with Crippen molar-refractivity contribution in [1.82, 2.24) is 5.16 Å². The summed E-state index contributed by atoms with van der Waals surface area (Å²) >= 11 is 9.39. The van der Waals surface area contributed by atoms with Crippen molar-refractivity contribution in [3.05, 3.63) is 78.6 Å². The van der Waals surface area contributed by atoms with Crippen molar-refractivity contribution in [1.29, 1.82) is 0 Å². The number of rotatable bonds is 7. The van der Waals surface area contributed by atoms with Gasteiger partial charge in [-0.15, -0.1) is 0 Å². The number of hydrogen-bond acceptors (Lipinski definition) is 6. The molecule has 0 amide bonds. The van der Waals surface area contributed by atoms with Crippen LogP contribution in [0, 0.1) is 17.0 Å². The van der Waals surface area contributed by atoms with Gasteiger partial charge in [-0.1, -0.05) is 35.0 Å². The second-order valence-electron chi connectivity index (χ2n) is 6.02. The first kappa shape index (κ1) is 20.9. The molecule has 0 atom stereocenters. The Bertz CT molecular complexity index is 1060. The van der Waals surface area contributed by atoms with Gasteiger partial charge < -0.3 is 14.0 Å². The lowest BCUT2D eigenvalue weighted by molar-refractivity contribution is -0.386. The van der Waals surface area contributed by atoms with Gasteiger partial charge in [0.05, 0.1) is 16.5 Å². The second kappa shape index (κ2) is 9.11. The first-order valence-corrected chi connectivity index (χ1v) is 9.59. The molecule has 0 spiro atoms. The summed E-state index contributed by atoms with van der Waals surface area (Å²) in [6.07, 6.45) is 3.16. The molecule has 1 aromatic heterocycles. The molecule has 0 N–H and O–H groups in total. The first-order chi connectivity index (χ1) is 13.9. The maximum atomic E-state index is 11.1. The third-order valence-corrected chi connectivity index (χ3v) is 4.86. The smallest absolute Gasteiger partial charge is 0.338 e. The first-order valence-electron chi connectivity index (χ1n) is 8.42. The lowest BCUT2D eigenvalue weighted by atomic mass is 10.1. The molecule has 1 heterocycles. The minimum atomic E-state index is -0.518. The molecule has 3 rings (SSSR count). The van der Waals surface area contributed by atoms with Gasteiger partial charge in [0.1, 0.15) is 6.61 Å². The van der Waals surface area contributed by atoms with Crippen LogP contribution in [0.1, 0.15) is 22.6 Å². The topological polar surface area (TPSA) is 87.6 Å². The van der Waals surface area contributed by atoms with Gasteiger partial charge >= 0.3 is 5.69 Å². The van der Waals surface area contributed by atoms with Crippen molar-refractivity contribution in [2.45, 2.75) is 13.5 Å². The van der Waals surface area contributed by atoms with E-state index in [1.807, 2.05) is 18.2 Å². The molecule has 0 bridgehead atoms. The third-order valence-electron chi connectivity index (χ3n) is 4.01. The van der Waals surface area contributed by atoms with E-state index in [0.717, 1.165) is 11.1 Å². The number of halogens is 2. The van der Waals surface area contributed by atoms with Gasteiger partial charge in [-0.25, -0.2) is 0 Å². The molecular weight excluding hydrogens is 464 g/mol. The maximum Gasteiger partial charge on any atom is 0.338 e. The minimum Gasteiger partial charge on any atom is -0.493 e. The Hall–Kier alpha value is -2.84. The van der Waals surface area contributed by atoms with Gasteiger partial charge in [0.25, 0.3) is 0 Å². The number of aromatic nitrogens is 1. The highest BCUT2D eigenvalue weighted by Gasteiger charge is 2.22. The van der Waals surface area contributed by atoms with Crippen LogP contribution in [0.15, 0.2) is 45.4 Å². The van der Waals surface area contributed by atoms with Crippen LogP contribution in [0.2, 0.25) is 5.02 Å². The van der Waals surface area contributed by atoms with Crippen molar-refractivity contribution < 1.29 is 18.9 Å². The van der Waals surface area contributed by atoms with Gasteiger partial charge in [-0.3, -0.25) is 10.1 Å². The largest absolute Gasteiger partial charge is 0.493 e. The van der Waals surface area contributed by atoms with Crippen LogP contribution >= 0.6 is 27.5 Å². The number of nitrogens with zero attached hydrogens (tertiary/aromatic N) is 2. The van der Waals surface area contributed by atoms with Gasteiger partial charge in [0.2, 0.25) is 5.76 Å². The standard InChI is InChI=1S/C20H16BrClN2O5/c1-12-19(24(25)26)17(29-23-12)8-5-14-9-16(21)20(18(10-14)27-2)28-11-13-3-6-15(22)7-4-13/h3-10H,11H2,1-2H3/b8-5-. The van der Waals surface area contributed by atoms with E-state index in [1.54, 1.807) is 24.3 Å². The lowest BCUT2D eigenvalue weighted by Gasteiger charge is -2.13. The van der Waals surface area contributed by atoms with Crippen molar-refractivity contribution in [2.75, 3.05) is 7.11 Å². The summed E-state index contributed by atoms with van der Waals surface area (Å²) in [5.74, 6) is 1.13. The Labute approximate surface area is 180 Å². The predicted molar refractivity (Wildman–Crippen MR) is 113 cm³/mol. The van der Waals surface area contributed by atoms with Crippen LogP contribution in [0.3, 0.4) is 0 Å². The predicted octanol–water partition coefficient (Wildman–Crippen LogP) is 6.07. The van der Waals surface area contributed by atoms with E-state index >= 15 is 0 Å². The number of ether oxygens (including phenoxy) is 2. The summed E-state index contributed by atoms with van der Waals surface area (Å²) in [5.41, 5.74) is 1.76. The van der Waals surface area contributed by atoms with Gasteiger partial charge in [-0.2, -0.15) is 0 Å². The van der Waals surface area contributed by atoms with Crippen LogP contribution in [0.5, 0.6) is 11.5 Å². The van der Waals surface area contributed by atoms with Crippen LogP contribution < -0.4 is 9.47 Å². The van der Waals surface area contributed by atoms with Gasteiger partial charge in [-0.05, 0) is 64.3 Å². The number of benzene rings is 2. The molecule has 29 heavy (non-hydrogen) atoms. The molecule has 0 aliphatic heterocycles. The molecule has 0 aliphatic carbocycles. The van der Waals surface area contributed by atoms with Crippen LogP contribution in [-0.4, -0.2) is 17.2 Å². The monoisotopic (exact) mass is 478 g/mol. The quantitative estimate of drug-likeness (QED) is 0.302. The molecule has 3 aromatic rings. The molecule has 150 valence electrons. The Morgan fingerprint density at radius 3 is 2.66 bits per heavy atom. The van der Waals surface area contributed by atoms with E-state index in [0.29, 0.717) is 27.6 Å². The molecule has 7 nitrogen and oxygen atoms in total. The number of nitro groups is 1. The normalized spacial score (nSPS) is 11.0. The average Bonchev–Trinajstić information content (AvgIpc) is 3.07. The highest BCUT2D eigenvalue weighted by Crippen LogP contribution is 2.38. The number of hydrogen-bond donors (Lipinski definition) is 0. The van der Waals surface area contributed by atoms with E-state index in [-0.39, 0.29) is 17.1 Å². The van der Waals surface area contributed by atoms with Crippen LogP contribution in [0.4, 0.5) is 5.69 Å². The Morgan fingerprint density at radius 2 is 2.00 bits per heavy atom. The molecule has 0 aliphatic rings. The fourth-order valence-electron chi connectivity index (χ4n) is 2.60. The molecule has 0 saturated carbocycles. The summed E-state index contributed by atoms with van der Waals surface area (Å²) in [6.45, 7) is 1.86. The summed E-state index contributed by atoms with van der Waals surface area (Å²) < 4.78 is 17.0. The molecular formula is C20H16BrClN2O5. The molecule has 0 radical (unpaired) electrons. The summed E-state index contributed by atoms with van der Waals surface area (Å²) in [5, 5.41) is 15.4. The van der Waals surface area contributed by atoms with Crippen LogP contribution in [0.25, 0.3) is 12.2 Å². The van der Waals surface area contributed by atoms with Crippen molar-refractivity contribution in [3.8, 4) is 11.5 Å². The van der Waals surface area contributed by atoms with E-state index in [2.05, 4.69) is 21.1 Å². The highest BCUT2D eigenvalue weighted by atomic mass is 79.9. The average molecular weight is 480 g/mol. The summed E-state index contributed by atoms with van der Waals surface area (Å²) in [4.78, 5) is 10.6.